The highest BCUT2D eigenvalue weighted by molar-refractivity contribution is 6.31. The van der Waals surface area contributed by atoms with Gasteiger partial charge in [-0.05, 0) is 61.0 Å². The second-order valence-corrected chi connectivity index (χ2v) is 7.36. The van der Waals surface area contributed by atoms with Crippen LogP contribution in [-0.4, -0.2) is 15.6 Å². The number of aromatic nitrogens is 2. The van der Waals surface area contributed by atoms with Crippen molar-refractivity contribution >= 4 is 52.3 Å². The Kier molecular flexibility index (Phi) is 5.34. The Bertz CT molecular complexity index is 1280. The molecule has 0 saturated carbocycles. The molecular formula is C22H16Cl2N4O. The lowest BCUT2D eigenvalue weighted by Gasteiger charge is -2.11. The number of aryl methyl sites for hydroxylation is 1. The summed E-state index contributed by atoms with van der Waals surface area (Å²) in [6, 6.07) is 18.0. The Hall–Kier alpha value is -3.15. The molecule has 7 heteroatoms. The maximum atomic E-state index is 13.1. The molecule has 144 valence electrons. The summed E-state index contributed by atoms with van der Waals surface area (Å²) in [5.74, 6) is 0.397. The molecule has 0 fully saturated rings. The van der Waals surface area contributed by atoms with E-state index in [2.05, 4.69) is 15.3 Å². The monoisotopic (exact) mass is 422 g/mol. The van der Waals surface area contributed by atoms with Gasteiger partial charge in [0.25, 0.3) is 5.56 Å². The molecule has 5 nitrogen and oxygen atoms in total. The van der Waals surface area contributed by atoms with Crippen LogP contribution in [0.1, 0.15) is 11.1 Å². The van der Waals surface area contributed by atoms with E-state index in [4.69, 9.17) is 23.2 Å². The van der Waals surface area contributed by atoms with Crippen LogP contribution in [0.2, 0.25) is 10.0 Å². The number of aliphatic imine (C=N–C) groups is 1. The number of nitrogens with zero attached hydrogens (tertiary/aromatic N) is 3. The highest BCUT2D eigenvalue weighted by Crippen LogP contribution is 2.23. The molecule has 0 unspecified atom stereocenters. The zero-order valence-corrected chi connectivity index (χ0v) is 16.9. The maximum absolute atomic E-state index is 13.1. The van der Waals surface area contributed by atoms with Crippen LogP contribution in [0.4, 0.5) is 17.2 Å². The van der Waals surface area contributed by atoms with Crippen molar-refractivity contribution in [2.45, 2.75) is 6.92 Å². The fourth-order valence-corrected chi connectivity index (χ4v) is 3.43. The van der Waals surface area contributed by atoms with E-state index in [-0.39, 0.29) is 5.56 Å². The first-order chi connectivity index (χ1) is 14.0. The Morgan fingerprint density at radius 1 is 1.03 bits per heavy atom. The number of nitrogens with one attached hydrogen (secondary N) is 1. The topological polar surface area (TPSA) is 58.8 Å². The largest absolute Gasteiger partial charge is 0.339 e. The predicted octanol–water partition coefficient (Wildman–Crippen LogP) is 5.80. The van der Waals surface area contributed by atoms with Gasteiger partial charge < -0.3 is 5.32 Å². The van der Waals surface area contributed by atoms with Crippen LogP contribution in [0.3, 0.4) is 0 Å². The third-order valence-corrected chi connectivity index (χ3v) is 4.68. The van der Waals surface area contributed by atoms with Gasteiger partial charge in [-0.3, -0.25) is 14.2 Å². The summed E-state index contributed by atoms with van der Waals surface area (Å²) in [6.45, 7) is 1.95. The first-order valence-corrected chi connectivity index (χ1v) is 9.60. The van der Waals surface area contributed by atoms with Crippen LogP contribution in [0, 0.1) is 6.92 Å². The zero-order valence-electron chi connectivity index (χ0n) is 15.4. The third kappa shape index (κ3) is 4.31. The molecule has 4 aromatic rings. The number of rotatable bonds is 4. The number of fused-ring (bicyclic) bond motifs is 1. The lowest BCUT2D eigenvalue weighted by molar-refractivity contribution is 1.04. The van der Waals surface area contributed by atoms with Gasteiger partial charge in [0.2, 0.25) is 0 Å². The molecule has 0 spiro atoms. The Labute approximate surface area is 177 Å². The highest BCUT2D eigenvalue weighted by Gasteiger charge is 2.12. The van der Waals surface area contributed by atoms with Crippen molar-refractivity contribution in [3.8, 4) is 0 Å². The minimum atomic E-state index is -0.234. The summed E-state index contributed by atoms with van der Waals surface area (Å²) in [7, 11) is 0. The van der Waals surface area contributed by atoms with Crippen LogP contribution in [0.5, 0.6) is 0 Å². The van der Waals surface area contributed by atoms with E-state index in [9.17, 15) is 4.79 Å². The minimum Gasteiger partial charge on any atom is -0.339 e. The first-order valence-electron chi connectivity index (χ1n) is 8.85. The normalized spacial score (nSPS) is 11.3. The molecule has 0 aliphatic rings. The number of hydrogen-bond acceptors (Lipinski definition) is 4. The van der Waals surface area contributed by atoms with Crippen molar-refractivity contribution in [2.24, 2.45) is 4.99 Å². The highest BCUT2D eigenvalue weighted by atomic mass is 35.5. The summed E-state index contributed by atoms with van der Waals surface area (Å²) in [5, 5.41) is 4.38. The molecule has 0 aliphatic heterocycles. The van der Waals surface area contributed by atoms with E-state index in [1.54, 1.807) is 42.6 Å². The summed E-state index contributed by atoms with van der Waals surface area (Å²) < 4.78 is 1.48. The van der Waals surface area contributed by atoms with Crippen molar-refractivity contribution < 1.29 is 0 Å². The molecule has 0 saturated heterocycles. The lowest BCUT2D eigenvalue weighted by atomic mass is 10.2. The number of benzene rings is 2. The third-order valence-electron chi connectivity index (χ3n) is 4.22. The average Bonchev–Trinajstić information content (AvgIpc) is 2.67. The van der Waals surface area contributed by atoms with E-state index in [0.717, 1.165) is 11.3 Å². The van der Waals surface area contributed by atoms with Gasteiger partial charge in [-0.1, -0.05) is 35.3 Å². The molecule has 0 radical (unpaired) electrons. The van der Waals surface area contributed by atoms with Crippen LogP contribution in [0.25, 0.3) is 5.65 Å². The van der Waals surface area contributed by atoms with Crippen molar-refractivity contribution in [3.63, 3.8) is 0 Å². The SMILES string of the molecule is Cc1cc(Cl)cc(Nc2nc3ccccn3c(=O)c2/C=N/c2cccc(Cl)c2)c1. The van der Waals surface area contributed by atoms with Gasteiger partial charge >= 0.3 is 0 Å². The molecule has 1 N–H and O–H groups in total. The van der Waals surface area contributed by atoms with E-state index in [0.29, 0.717) is 32.8 Å². The Balaban J connectivity index is 1.85. The predicted molar refractivity (Wildman–Crippen MR) is 120 cm³/mol. The van der Waals surface area contributed by atoms with E-state index in [1.165, 1.54) is 10.6 Å². The number of pyridine rings is 1. The van der Waals surface area contributed by atoms with Crippen LogP contribution in [-0.2, 0) is 0 Å². The molecule has 2 aromatic carbocycles. The van der Waals surface area contributed by atoms with Crippen LogP contribution >= 0.6 is 23.2 Å². The average molecular weight is 423 g/mol. The Morgan fingerprint density at radius 3 is 2.69 bits per heavy atom. The van der Waals surface area contributed by atoms with E-state index >= 15 is 0 Å². The summed E-state index contributed by atoms with van der Waals surface area (Å²) in [6.07, 6.45) is 3.18. The molecule has 0 aliphatic carbocycles. The summed E-state index contributed by atoms with van der Waals surface area (Å²) in [4.78, 5) is 22.1. The van der Waals surface area contributed by atoms with E-state index in [1.807, 2.05) is 31.2 Å². The van der Waals surface area contributed by atoms with Crippen molar-refractivity contribution in [3.05, 3.63) is 98.4 Å². The van der Waals surface area contributed by atoms with E-state index < -0.39 is 0 Å². The van der Waals surface area contributed by atoms with Gasteiger partial charge in [0, 0.05) is 28.1 Å². The van der Waals surface area contributed by atoms with Gasteiger partial charge in [0.1, 0.15) is 17.0 Å². The second kappa shape index (κ2) is 8.07. The molecular weight excluding hydrogens is 407 g/mol. The van der Waals surface area contributed by atoms with Crippen molar-refractivity contribution in [2.75, 3.05) is 5.32 Å². The fraction of sp³-hybridized carbons (Fsp3) is 0.0455. The number of halogens is 2. The minimum absolute atomic E-state index is 0.234. The molecule has 0 atom stereocenters. The fourth-order valence-electron chi connectivity index (χ4n) is 2.96. The molecule has 4 rings (SSSR count). The lowest BCUT2D eigenvalue weighted by Crippen LogP contribution is -2.21. The van der Waals surface area contributed by atoms with Gasteiger partial charge in [0.15, 0.2) is 0 Å². The standard InChI is InChI=1S/C22H16Cl2N4O/c1-14-9-16(24)12-18(10-14)26-21-19(13-25-17-6-4-5-15(23)11-17)22(29)28-8-3-2-7-20(28)27-21/h2-13,26H,1H3/b25-13+. The summed E-state index contributed by atoms with van der Waals surface area (Å²) >= 11 is 12.2. The smallest absolute Gasteiger partial charge is 0.268 e. The zero-order chi connectivity index (χ0) is 20.4. The quantitative estimate of drug-likeness (QED) is 0.422. The second-order valence-electron chi connectivity index (χ2n) is 6.49. The number of hydrogen-bond donors (Lipinski definition) is 1. The van der Waals surface area contributed by atoms with Crippen LogP contribution in [0.15, 0.2) is 76.6 Å². The summed E-state index contributed by atoms with van der Waals surface area (Å²) in [5.41, 5.74) is 2.98. The van der Waals surface area contributed by atoms with Gasteiger partial charge in [-0.2, -0.15) is 0 Å². The van der Waals surface area contributed by atoms with Gasteiger partial charge in [-0.25, -0.2) is 4.98 Å². The Morgan fingerprint density at radius 2 is 1.90 bits per heavy atom. The van der Waals surface area contributed by atoms with Crippen LogP contribution < -0.4 is 10.9 Å². The number of anilines is 2. The first kappa shape index (κ1) is 19.2. The van der Waals surface area contributed by atoms with Gasteiger partial charge in [-0.15, -0.1) is 0 Å². The molecule has 0 amide bonds. The molecule has 2 heterocycles. The maximum Gasteiger partial charge on any atom is 0.268 e. The van der Waals surface area contributed by atoms with Gasteiger partial charge in [0.05, 0.1) is 5.69 Å². The molecule has 2 aromatic heterocycles. The van der Waals surface area contributed by atoms with Crippen molar-refractivity contribution in [1.29, 1.82) is 0 Å². The molecule has 29 heavy (non-hydrogen) atoms. The molecule has 0 bridgehead atoms. The van der Waals surface area contributed by atoms with Crippen molar-refractivity contribution in [1.82, 2.24) is 9.38 Å².